The standard InChI is InChI=1S/C15H21FN2O2/c1-9-4-5-11(6-13(9)16)10(2)18-15(19)12-7-20-8-14(12)17-3/h4-6,10,12,14,17H,7-8H2,1-3H3,(H,18,19). The minimum Gasteiger partial charge on any atom is -0.379 e. The second-order valence-electron chi connectivity index (χ2n) is 5.28. The Kier molecular flexibility index (Phi) is 4.73. The van der Waals surface area contributed by atoms with Gasteiger partial charge in [-0.2, -0.15) is 0 Å². The van der Waals surface area contributed by atoms with Crippen LogP contribution >= 0.6 is 0 Å². The predicted octanol–water partition coefficient (Wildman–Crippen LogP) is 1.55. The summed E-state index contributed by atoms with van der Waals surface area (Å²) in [5.41, 5.74) is 1.37. The number of hydrogen-bond donors (Lipinski definition) is 2. The van der Waals surface area contributed by atoms with Crippen molar-refractivity contribution in [2.75, 3.05) is 20.3 Å². The molecule has 0 bridgehead atoms. The summed E-state index contributed by atoms with van der Waals surface area (Å²) in [6.45, 7) is 4.54. The van der Waals surface area contributed by atoms with Crippen LogP contribution in [-0.2, 0) is 9.53 Å². The smallest absolute Gasteiger partial charge is 0.227 e. The van der Waals surface area contributed by atoms with Gasteiger partial charge in [0, 0.05) is 6.04 Å². The van der Waals surface area contributed by atoms with Crippen LogP contribution < -0.4 is 10.6 Å². The van der Waals surface area contributed by atoms with E-state index in [2.05, 4.69) is 10.6 Å². The van der Waals surface area contributed by atoms with Crippen LogP contribution in [0.5, 0.6) is 0 Å². The highest BCUT2D eigenvalue weighted by molar-refractivity contribution is 5.80. The summed E-state index contributed by atoms with van der Waals surface area (Å²) in [6.07, 6.45) is 0. The Morgan fingerprint density at radius 1 is 1.45 bits per heavy atom. The molecule has 1 aliphatic heterocycles. The summed E-state index contributed by atoms with van der Waals surface area (Å²) in [5.74, 6) is -0.506. The molecule has 0 radical (unpaired) electrons. The second-order valence-corrected chi connectivity index (χ2v) is 5.28. The molecule has 1 aliphatic rings. The molecular formula is C15H21FN2O2. The van der Waals surface area contributed by atoms with Crippen molar-refractivity contribution in [3.8, 4) is 0 Å². The largest absolute Gasteiger partial charge is 0.379 e. The van der Waals surface area contributed by atoms with Crippen molar-refractivity contribution in [2.45, 2.75) is 25.9 Å². The molecule has 1 fully saturated rings. The summed E-state index contributed by atoms with van der Waals surface area (Å²) < 4.78 is 18.9. The van der Waals surface area contributed by atoms with Crippen molar-refractivity contribution >= 4 is 5.91 Å². The molecule has 5 heteroatoms. The van der Waals surface area contributed by atoms with Crippen molar-refractivity contribution in [1.82, 2.24) is 10.6 Å². The molecule has 0 spiro atoms. The highest BCUT2D eigenvalue weighted by atomic mass is 19.1. The fraction of sp³-hybridized carbons (Fsp3) is 0.533. The lowest BCUT2D eigenvalue weighted by Crippen LogP contribution is -2.43. The number of likely N-dealkylation sites (N-methyl/N-ethyl adjacent to an activating group) is 1. The first-order valence-electron chi connectivity index (χ1n) is 6.84. The van der Waals surface area contributed by atoms with E-state index in [1.807, 2.05) is 20.0 Å². The molecule has 2 N–H and O–H groups in total. The lowest BCUT2D eigenvalue weighted by molar-refractivity contribution is -0.126. The molecule has 20 heavy (non-hydrogen) atoms. The van der Waals surface area contributed by atoms with Crippen molar-refractivity contribution in [3.63, 3.8) is 0 Å². The minimum atomic E-state index is -0.249. The normalized spacial score (nSPS) is 23.6. The van der Waals surface area contributed by atoms with Gasteiger partial charge in [0.25, 0.3) is 0 Å². The van der Waals surface area contributed by atoms with Gasteiger partial charge in [-0.1, -0.05) is 12.1 Å². The average molecular weight is 280 g/mol. The number of hydrogen-bond acceptors (Lipinski definition) is 3. The van der Waals surface area contributed by atoms with Gasteiger partial charge >= 0.3 is 0 Å². The average Bonchev–Trinajstić information content (AvgIpc) is 2.90. The van der Waals surface area contributed by atoms with E-state index < -0.39 is 0 Å². The Hall–Kier alpha value is -1.46. The van der Waals surface area contributed by atoms with Gasteiger partial charge in [-0.15, -0.1) is 0 Å². The highest BCUT2D eigenvalue weighted by Gasteiger charge is 2.33. The molecule has 1 heterocycles. The van der Waals surface area contributed by atoms with Gasteiger partial charge in [0.2, 0.25) is 5.91 Å². The van der Waals surface area contributed by atoms with E-state index in [0.29, 0.717) is 18.8 Å². The molecule has 4 nitrogen and oxygen atoms in total. The number of ether oxygens (including phenoxy) is 1. The number of aryl methyl sites for hydroxylation is 1. The number of halogens is 1. The molecule has 3 atom stereocenters. The lowest BCUT2D eigenvalue weighted by atomic mass is 10.0. The van der Waals surface area contributed by atoms with Gasteiger partial charge < -0.3 is 15.4 Å². The molecule has 1 aromatic carbocycles. The monoisotopic (exact) mass is 280 g/mol. The maximum Gasteiger partial charge on any atom is 0.227 e. The van der Waals surface area contributed by atoms with E-state index >= 15 is 0 Å². The molecular weight excluding hydrogens is 259 g/mol. The third-order valence-corrected chi connectivity index (χ3v) is 3.84. The van der Waals surface area contributed by atoms with E-state index in [0.717, 1.165) is 5.56 Å². The van der Waals surface area contributed by atoms with Gasteiger partial charge in [-0.05, 0) is 38.1 Å². The Balaban J connectivity index is 2.01. The summed E-state index contributed by atoms with van der Waals surface area (Å²) >= 11 is 0. The van der Waals surface area contributed by atoms with Gasteiger partial charge in [0.15, 0.2) is 0 Å². The first kappa shape index (κ1) is 14.9. The fourth-order valence-electron chi connectivity index (χ4n) is 2.38. The maximum absolute atomic E-state index is 13.6. The Morgan fingerprint density at radius 2 is 2.20 bits per heavy atom. The third kappa shape index (κ3) is 3.16. The number of benzene rings is 1. The van der Waals surface area contributed by atoms with Crippen molar-refractivity contribution in [3.05, 3.63) is 35.1 Å². The quantitative estimate of drug-likeness (QED) is 0.879. The predicted molar refractivity (Wildman–Crippen MR) is 74.9 cm³/mol. The van der Waals surface area contributed by atoms with E-state index in [1.165, 1.54) is 6.07 Å². The summed E-state index contributed by atoms with van der Waals surface area (Å²) in [7, 11) is 1.82. The van der Waals surface area contributed by atoms with Crippen LogP contribution in [0.25, 0.3) is 0 Å². The number of amides is 1. The van der Waals surface area contributed by atoms with Gasteiger partial charge in [-0.3, -0.25) is 4.79 Å². The molecule has 1 amide bonds. The Morgan fingerprint density at radius 3 is 2.85 bits per heavy atom. The van der Waals surface area contributed by atoms with Gasteiger partial charge in [0.1, 0.15) is 5.82 Å². The Labute approximate surface area is 118 Å². The lowest BCUT2D eigenvalue weighted by Gasteiger charge is -2.20. The molecule has 2 rings (SSSR count). The zero-order valence-electron chi connectivity index (χ0n) is 12.1. The Bertz CT molecular complexity index is 493. The molecule has 0 aromatic heterocycles. The van der Waals surface area contributed by atoms with Crippen LogP contribution in [0.1, 0.15) is 24.1 Å². The number of carbonyl (C=O) groups is 1. The van der Waals surface area contributed by atoms with E-state index in [-0.39, 0.29) is 29.7 Å². The second kappa shape index (κ2) is 6.33. The maximum atomic E-state index is 13.6. The van der Waals surface area contributed by atoms with Crippen molar-refractivity contribution in [2.24, 2.45) is 5.92 Å². The summed E-state index contributed by atoms with van der Waals surface area (Å²) in [5, 5.41) is 6.00. The number of rotatable bonds is 4. The number of carbonyl (C=O) groups excluding carboxylic acids is 1. The molecule has 0 aliphatic carbocycles. The fourth-order valence-corrected chi connectivity index (χ4v) is 2.38. The third-order valence-electron chi connectivity index (χ3n) is 3.84. The van der Waals surface area contributed by atoms with E-state index in [4.69, 9.17) is 4.74 Å². The van der Waals surface area contributed by atoms with Gasteiger partial charge in [0.05, 0.1) is 25.2 Å². The molecule has 0 saturated carbocycles. The highest BCUT2D eigenvalue weighted by Crippen LogP contribution is 2.19. The van der Waals surface area contributed by atoms with Crippen molar-refractivity contribution in [1.29, 1.82) is 0 Å². The zero-order chi connectivity index (χ0) is 14.7. The summed E-state index contributed by atoms with van der Waals surface area (Å²) in [6, 6.07) is 4.85. The SMILES string of the molecule is CNC1COCC1C(=O)NC(C)c1ccc(C)c(F)c1. The van der Waals surface area contributed by atoms with Crippen LogP contribution in [0.3, 0.4) is 0 Å². The molecule has 3 unspecified atom stereocenters. The van der Waals surface area contributed by atoms with Gasteiger partial charge in [-0.25, -0.2) is 4.39 Å². The van der Waals surface area contributed by atoms with E-state index in [1.54, 1.807) is 13.0 Å². The van der Waals surface area contributed by atoms with Crippen LogP contribution in [-0.4, -0.2) is 32.2 Å². The van der Waals surface area contributed by atoms with Crippen LogP contribution in [0.2, 0.25) is 0 Å². The van der Waals surface area contributed by atoms with Crippen LogP contribution in [0.4, 0.5) is 4.39 Å². The molecule has 1 aromatic rings. The molecule has 1 saturated heterocycles. The first-order valence-corrected chi connectivity index (χ1v) is 6.84. The summed E-state index contributed by atoms with van der Waals surface area (Å²) in [4.78, 5) is 12.2. The van der Waals surface area contributed by atoms with Crippen LogP contribution in [0.15, 0.2) is 18.2 Å². The van der Waals surface area contributed by atoms with E-state index in [9.17, 15) is 9.18 Å². The first-order chi connectivity index (χ1) is 9.52. The topological polar surface area (TPSA) is 50.4 Å². The molecule has 110 valence electrons. The van der Waals surface area contributed by atoms with Crippen LogP contribution in [0, 0.1) is 18.7 Å². The zero-order valence-corrected chi connectivity index (χ0v) is 12.1. The van der Waals surface area contributed by atoms with Crippen molar-refractivity contribution < 1.29 is 13.9 Å². The minimum absolute atomic E-state index is 0.0388. The number of nitrogens with one attached hydrogen (secondary N) is 2.